The van der Waals surface area contributed by atoms with E-state index < -0.39 is 0 Å². The Morgan fingerprint density at radius 3 is 2.40 bits per heavy atom. The fourth-order valence-electron chi connectivity index (χ4n) is 5.94. The molecule has 3 aliphatic carbocycles. The summed E-state index contributed by atoms with van der Waals surface area (Å²) in [4.78, 5) is 29.0. The largest absolute Gasteiger partial charge is 0.329 e. The molecule has 5 rings (SSSR count). The summed E-state index contributed by atoms with van der Waals surface area (Å²) in [5, 5.41) is 0. The maximum absolute atomic E-state index is 12.8. The van der Waals surface area contributed by atoms with Crippen LogP contribution in [0.5, 0.6) is 0 Å². The van der Waals surface area contributed by atoms with E-state index in [4.69, 9.17) is 0 Å². The van der Waals surface area contributed by atoms with E-state index in [1.54, 1.807) is 0 Å². The van der Waals surface area contributed by atoms with E-state index in [1.807, 2.05) is 9.80 Å². The zero-order chi connectivity index (χ0) is 13.4. The highest BCUT2D eigenvalue weighted by Gasteiger charge is 2.68. The number of carbonyl (C=O) groups excluding carboxylic acids is 2. The average Bonchev–Trinajstić information content (AvgIpc) is 2.89. The van der Waals surface area contributed by atoms with Crippen LogP contribution in [0.25, 0.3) is 0 Å². The molecule has 108 valence electrons. The van der Waals surface area contributed by atoms with Crippen molar-refractivity contribution < 1.29 is 9.59 Å². The van der Waals surface area contributed by atoms with Gasteiger partial charge in [0.15, 0.2) is 0 Å². The van der Waals surface area contributed by atoms with E-state index in [1.165, 1.54) is 19.3 Å². The van der Waals surface area contributed by atoms with Crippen LogP contribution >= 0.6 is 0 Å². The smallest absolute Gasteiger partial charge is 0.246 e. The van der Waals surface area contributed by atoms with Crippen LogP contribution in [-0.2, 0) is 9.59 Å². The summed E-state index contributed by atoms with van der Waals surface area (Å²) in [6, 6.07) is 0.311. The Kier molecular flexibility index (Phi) is 2.19. The Bertz CT molecular complexity index is 475. The molecule has 4 nitrogen and oxygen atoms in total. The van der Waals surface area contributed by atoms with Crippen LogP contribution in [0, 0.1) is 23.7 Å². The molecule has 2 amide bonds. The van der Waals surface area contributed by atoms with Crippen molar-refractivity contribution in [1.29, 1.82) is 0 Å². The number of carbonyl (C=O) groups is 2. The van der Waals surface area contributed by atoms with E-state index in [0.29, 0.717) is 12.6 Å². The number of rotatable bonds is 1. The number of nitrogens with zero attached hydrogens (tertiary/aromatic N) is 2. The molecule has 2 saturated heterocycles. The van der Waals surface area contributed by atoms with Gasteiger partial charge in [0, 0.05) is 12.6 Å². The first-order chi connectivity index (χ1) is 9.75. The summed E-state index contributed by atoms with van der Waals surface area (Å²) in [6.07, 6.45) is 7.18. The first-order valence-corrected chi connectivity index (χ1v) is 8.35. The van der Waals surface area contributed by atoms with Crippen LogP contribution in [0.1, 0.15) is 38.5 Å². The fourth-order valence-corrected chi connectivity index (χ4v) is 5.94. The highest BCUT2D eigenvalue weighted by atomic mass is 16.2. The molecule has 0 radical (unpaired) electrons. The molecule has 2 heterocycles. The van der Waals surface area contributed by atoms with E-state index in [-0.39, 0.29) is 17.9 Å². The molecule has 5 atom stereocenters. The molecular weight excluding hydrogens is 252 g/mol. The highest BCUT2D eigenvalue weighted by Crippen LogP contribution is 2.67. The van der Waals surface area contributed by atoms with Crippen LogP contribution in [0.3, 0.4) is 0 Å². The minimum atomic E-state index is -0.121. The first kappa shape index (κ1) is 11.6. The van der Waals surface area contributed by atoms with Gasteiger partial charge in [-0.25, -0.2) is 0 Å². The molecule has 5 fully saturated rings. The van der Waals surface area contributed by atoms with Crippen molar-refractivity contribution in [3.05, 3.63) is 0 Å². The molecule has 3 saturated carbocycles. The summed E-state index contributed by atoms with van der Waals surface area (Å²) >= 11 is 0. The monoisotopic (exact) mass is 274 g/mol. The minimum absolute atomic E-state index is 0.121. The van der Waals surface area contributed by atoms with E-state index in [0.717, 1.165) is 49.5 Å². The van der Waals surface area contributed by atoms with Crippen LogP contribution in [-0.4, -0.2) is 46.8 Å². The molecule has 2 bridgehead atoms. The van der Waals surface area contributed by atoms with Crippen molar-refractivity contribution in [3.8, 4) is 0 Å². The Morgan fingerprint density at radius 1 is 0.900 bits per heavy atom. The van der Waals surface area contributed by atoms with Crippen LogP contribution in [0.4, 0.5) is 0 Å². The SMILES string of the molecule is O=C1CN(C2C3C4CCC(C4)C32)C(=O)C2CCCCN12. The van der Waals surface area contributed by atoms with Crippen LogP contribution in [0.2, 0.25) is 0 Å². The van der Waals surface area contributed by atoms with Gasteiger partial charge in [-0.2, -0.15) is 0 Å². The van der Waals surface area contributed by atoms with Gasteiger partial charge >= 0.3 is 0 Å². The normalized spacial score (nSPS) is 49.4. The number of fused-ring (bicyclic) bond motifs is 6. The number of piperazine rings is 1. The maximum atomic E-state index is 12.8. The molecule has 0 N–H and O–H groups in total. The molecule has 5 unspecified atom stereocenters. The number of hydrogen-bond acceptors (Lipinski definition) is 2. The topological polar surface area (TPSA) is 40.6 Å². The predicted molar refractivity (Wildman–Crippen MR) is 72.7 cm³/mol. The van der Waals surface area contributed by atoms with Gasteiger partial charge in [0.2, 0.25) is 11.8 Å². The predicted octanol–water partition coefficient (Wildman–Crippen LogP) is 1.25. The second-order valence-corrected chi connectivity index (χ2v) is 7.54. The van der Waals surface area contributed by atoms with Gasteiger partial charge in [0.1, 0.15) is 12.6 Å². The van der Waals surface area contributed by atoms with Crippen molar-refractivity contribution in [2.45, 2.75) is 50.6 Å². The Labute approximate surface area is 119 Å². The van der Waals surface area contributed by atoms with Gasteiger partial charge in [-0.3, -0.25) is 9.59 Å². The number of hydrogen-bond donors (Lipinski definition) is 0. The van der Waals surface area contributed by atoms with Crippen molar-refractivity contribution in [2.75, 3.05) is 13.1 Å². The fraction of sp³-hybridized carbons (Fsp3) is 0.875. The zero-order valence-electron chi connectivity index (χ0n) is 11.8. The minimum Gasteiger partial charge on any atom is -0.329 e. The maximum Gasteiger partial charge on any atom is 0.246 e. The van der Waals surface area contributed by atoms with Gasteiger partial charge in [-0.1, -0.05) is 0 Å². The van der Waals surface area contributed by atoms with Gasteiger partial charge in [0.05, 0.1) is 0 Å². The Balaban J connectivity index is 1.40. The van der Waals surface area contributed by atoms with Crippen molar-refractivity contribution >= 4 is 11.8 Å². The molecule has 0 aromatic carbocycles. The van der Waals surface area contributed by atoms with Crippen molar-refractivity contribution in [3.63, 3.8) is 0 Å². The molecular formula is C16H22N2O2. The summed E-state index contributed by atoms with van der Waals surface area (Å²) in [6.45, 7) is 1.16. The highest BCUT2D eigenvalue weighted by molar-refractivity contribution is 5.95. The third-order valence-corrected chi connectivity index (χ3v) is 6.75. The lowest BCUT2D eigenvalue weighted by Crippen LogP contribution is -2.62. The van der Waals surface area contributed by atoms with Crippen LogP contribution in [0.15, 0.2) is 0 Å². The van der Waals surface area contributed by atoms with Gasteiger partial charge in [-0.15, -0.1) is 0 Å². The summed E-state index contributed by atoms with van der Waals surface area (Å²) in [7, 11) is 0. The van der Waals surface area contributed by atoms with E-state index in [9.17, 15) is 9.59 Å². The van der Waals surface area contributed by atoms with Crippen molar-refractivity contribution in [1.82, 2.24) is 9.80 Å². The van der Waals surface area contributed by atoms with E-state index in [2.05, 4.69) is 0 Å². The standard InChI is InChI=1S/C16H22N2O2/c19-12-8-18(16(20)11-3-1-2-6-17(11)12)15-13-9-4-5-10(7-9)14(13)15/h9-11,13-15H,1-8H2. The third kappa shape index (κ3) is 1.33. The lowest BCUT2D eigenvalue weighted by atomic mass is 9.97. The zero-order valence-corrected chi connectivity index (χ0v) is 11.8. The second-order valence-electron chi connectivity index (χ2n) is 7.54. The molecule has 20 heavy (non-hydrogen) atoms. The van der Waals surface area contributed by atoms with E-state index >= 15 is 0 Å². The van der Waals surface area contributed by atoms with Gasteiger partial charge in [0.25, 0.3) is 0 Å². The molecule has 0 aromatic heterocycles. The summed E-state index contributed by atoms with van der Waals surface area (Å²) < 4.78 is 0. The lowest BCUT2D eigenvalue weighted by Gasteiger charge is -2.43. The Morgan fingerprint density at radius 2 is 1.65 bits per heavy atom. The molecule has 5 aliphatic rings. The third-order valence-electron chi connectivity index (χ3n) is 6.75. The van der Waals surface area contributed by atoms with Gasteiger partial charge < -0.3 is 9.80 Å². The quantitative estimate of drug-likeness (QED) is 0.722. The summed E-state index contributed by atoms with van der Waals surface area (Å²) in [5.74, 6) is 3.69. The number of amides is 2. The molecule has 2 aliphatic heterocycles. The van der Waals surface area contributed by atoms with Gasteiger partial charge in [-0.05, 0) is 62.2 Å². The molecule has 0 aromatic rings. The molecule has 4 heteroatoms. The molecule has 0 spiro atoms. The van der Waals surface area contributed by atoms with Crippen molar-refractivity contribution in [2.24, 2.45) is 23.7 Å². The first-order valence-electron chi connectivity index (χ1n) is 8.35. The van der Waals surface area contributed by atoms with Crippen LogP contribution < -0.4 is 0 Å². The Hall–Kier alpha value is -1.06. The second kappa shape index (κ2) is 3.77. The number of piperidine rings is 1. The average molecular weight is 274 g/mol. The summed E-state index contributed by atoms with van der Waals surface area (Å²) in [5.41, 5.74) is 0. The lowest BCUT2D eigenvalue weighted by molar-refractivity contribution is -0.158.